The fourth-order valence-corrected chi connectivity index (χ4v) is 10.5. The Morgan fingerprint density at radius 1 is 0.663 bits per heavy atom. The van der Waals surface area contributed by atoms with Gasteiger partial charge in [0.15, 0.2) is 11.5 Å². The number of nitrogens with one attached hydrogen (secondary N) is 3. The number of likely N-dealkylation sites (N-methyl/N-ethyl adjacent to an activating group) is 2. The van der Waals surface area contributed by atoms with E-state index in [9.17, 15) is 24.0 Å². The number of nitrogens with zero attached hydrogens (tertiary/aromatic N) is 6. The first kappa shape index (κ1) is 62.4. The molecule has 0 spiro atoms. The molecule has 0 saturated heterocycles. The summed E-state index contributed by atoms with van der Waals surface area (Å²) in [6, 6.07) is 33.5. The van der Waals surface area contributed by atoms with E-state index >= 15 is 0 Å². The van der Waals surface area contributed by atoms with Gasteiger partial charge in [-0.3, -0.25) is 24.0 Å². The number of carbonyl (C=O) groups excluding carboxylic acids is 5. The van der Waals surface area contributed by atoms with Crippen molar-refractivity contribution in [3.05, 3.63) is 138 Å². The molecule has 0 unspecified atom stereocenters. The number of ether oxygens (including phenoxy) is 4. The number of hydrogen-bond donors (Lipinski definition) is 3. The molecule has 0 bridgehead atoms. The first-order valence-corrected chi connectivity index (χ1v) is 28.6. The summed E-state index contributed by atoms with van der Waals surface area (Å²) in [6.45, 7) is 13.4. The van der Waals surface area contributed by atoms with Gasteiger partial charge in [0.2, 0.25) is 35.2 Å². The third kappa shape index (κ3) is 16.5. The second kappa shape index (κ2) is 29.7. The fourth-order valence-electron chi connectivity index (χ4n) is 10.5. The molecule has 4 aromatic carbocycles. The minimum absolute atomic E-state index is 0.0406. The number of rotatable bonds is 30. The third-order valence-electron chi connectivity index (χ3n) is 15.2. The van der Waals surface area contributed by atoms with Crippen molar-refractivity contribution >= 4 is 52.4 Å². The van der Waals surface area contributed by atoms with Crippen molar-refractivity contribution < 1.29 is 47.5 Å². The average molecular weight is 1130 g/mol. The summed E-state index contributed by atoms with van der Waals surface area (Å²) < 4.78 is 24.1. The van der Waals surface area contributed by atoms with E-state index in [1.807, 2.05) is 36.4 Å². The first-order valence-electron chi connectivity index (χ1n) is 28.6. The molecule has 440 valence electrons. The first-order chi connectivity index (χ1) is 39.9. The monoisotopic (exact) mass is 1130 g/mol. The highest BCUT2D eigenvalue weighted by molar-refractivity contribution is 6.03. The molecule has 7 rings (SSSR count). The van der Waals surface area contributed by atoms with Gasteiger partial charge in [0.25, 0.3) is 0 Å². The smallest absolute Gasteiger partial charge is 0.239 e. The van der Waals surface area contributed by atoms with Crippen LogP contribution in [0.3, 0.4) is 0 Å². The molecule has 5 aromatic rings. The van der Waals surface area contributed by atoms with E-state index in [-0.39, 0.29) is 112 Å². The van der Waals surface area contributed by atoms with Crippen molar-refractivity contribution in [2.75, 3.05) is 104 Å². The maximum atomic E-state index is 13.2. The van der Waals surface area contributed by atoms with Gasteiger partial charge in [-0.2, -0.15) is 4.58 Å². The summed E-state index contributed by atoms with van der Waals surface area (Å²) in [4.78, 5) is 79.3. The largest absolute Gasteiger partial charge is 0.497 e. The zero-order chi connectivity index (χ0) is 59.5. The molecule has 2 aliphatic rings. The fraction of sp³-hybridized carbons (Fsp3) is 0.415. The zero-order valence-corrected chi connectivity index (χ0v) is 49.7. The number of aromatic nitrogens is 2. The predicted octanol–water partition coefficient (Wildman–Crippen LogP) is 8.62. The Labute approximate surface area is 489 Å². The molecule has 2 aliphatic heterocycles. The lowest BCUT2D eigenvalue weighted by Crippen LogP contribution is -2.41. The van der Waals surface area contributed by atoms with Crippen molar-refractivity contribution in [2.45, 2.75) is 84.0 Å². The van der Waals surface area contributed by atoms with Crippen LogP contribution < -0.4 is 30.3 Å². The summed E-state index contributed by atoms with van der Waals surface area (Å²) in [5.74, 6) is 0.572. The maximum Gasteiger partial charge on any atom is 0.239 e. The van der Waals surface area contributed by atoms with E-state index in [0.717, 1.165) is 31.4 Å². The van der Waals surface area contributed by atoms with E-state index in [1.54, 1.807) is 46.4 Å². The lowest BCUT2D eigenvalue weighted by molar-refractivity contribution is -0.401. The van der Waals surface area contributed by atoms with Crippen LogP contribution in [0.2, 0.25) is 0 Å². The molecular formula is C65H82N9O9+. The Morgan fingerprint density at radius 2 is 1.28 bits per heavy atom. The van der Waals surface area contributed by atoms with E-state index in [0.29, 0.717) is 35.0 Å². The van der Waals surface area contributed by atoms with Gasteiger partial charge in [-0.25, -0.2) is 9.97 Å². The van der Waals surface area contributed by atoms with Crippen LogP contribution in [0.15, 0.2) is 127 Å². The summed E-state index contributed by atoms with van der Waals surface area (Å²) in [5, 5.41) is 8.38. The van der Waals surface area contributed by atoms with Crippen LogP contribution in [0.25, 0.3) is 22.6 Å². The third-order valence-corrected chi connectivity index (χ3v) is 15.2. The molecule has 5 amide bonds. The summed E-state index contributed by atoms with van der Waals surface area (Å²) in [6.07, 6.45) is 9.37. The Morgan fingerprint density at radius 3 is 1.92 bits per heavy atom. The standard InChI is InChI=1S/C65H81N9O9/c1-10-73(62(79)35-34-58(75)69-57-43-52(46-26-30-48(80-8)31-27-46)68-63(70-57)47-28-32-49(81-9)33-29-47)45-60(77)67-37-40-83-42-41-82-39-36-66-59(76)44-71(6)61(78)25-12-11-17-38-74-54-22-16-14-20-51(54)65(4,5)56(74)24-18-23-55-64(2,3)50-19-13-15-21-53(50)72(55)7/h13-16,18-24,26-33,43H,10-12,17,25,34-42,44-45H2,1-9H3,(H2-,66,67,68,69,70,75,76,77)/p+1. The molecular weight excluding hydrogens is 1050 g/mol. The van der Waals surface area contributed by atoms with Gasteiger partial charge in [0, 0.05) is 104 Å². The van der Waals surface area contributed by atoms with Crippen LogP contribution in [0.4, 0.5) is 17.2 Å². The van der Waals surface area contributed by atoms with Crippen LogP contribution in [-0.2, 0) is 44.3 Å². The lowest BCUT2D eigenvalue weighted by Gasteiger charge is -2.27. The van der Waals surface area contributed by atoms with Crippen molar-refractivity contribution in [3.8, 4) is 34.1 Å². The topological polar surface area (TPSA) is 197 Å². The molecule has 0 atom stereocenters. The predicted molar refractivity (Wildman–Crippen MR) is 324 cm³/mol. The number of para-hydroxylation sites is 2. The lowest BCUT2D eigenvalue weighted by atomic mass is 9.81. The van der Waals surface area contributed by atoms with Gasteiger partial charge < -0.3 is 49.6 Å². The average Bonchev–Trinajstić information content (AvgIpc) is 2.29. The number of benzene rings is 4. The number of amides is 5. The molecule has 18 nitrogen and oxygen atoms in total. The van der Waals surface area contributed by atoms with Crippen LogP contribution in [0, 0.1) is 0 Å². The molecule has 3 N–H and O–H groups in total. The van der Waals surface area contributed by atoms with Crippen molar-refractivity contribution in [1.82, 2.24) is 30.4 Å². The highest BCUT2D eigenvalue weighted by Crippen LogP contribution is 2.48. The highest BCUT2D eigenvalue weighted by atomic mass is 16.5. The van der Waals surface area contributed by atoms with Gasteiger partial charge >= 0.3 is 0 Å². The quantitative estimate of drug-likeness (QED) is 0.0293. The molecule has 0 fully saturated rings. The second-order valence-corrected chi connectivity index (χ2v) is 21.7. The molecule has 0 saturated carbocycles. The van der Waals surface area contributed by atoms with E-state index in [1.165, 1.54) is 43.7 Å². The van der Waals surface area contributed by atoms with Crippen molar-refractivity contribution in [1.29, 1.82) is 0 Å². The van der Waals surface area contributed by atoms with E-state index in [2.05, 4.69) is 132 Å². The number of hydrogen-bond acceptors (Lipinski definition) is 12. The van der Waals surface area contributed by atoms with Crippen LogP contribution >= 0.6 is 0 Å². The Bertz CT molecular complexity index is 3090. The number of fused-ring (bicyclic) bond motifs is 2. The second-order valence-electron chi connectivity index (χ2n) is 21.7. The number of anilines is 2. The number of unbranched alkanes of at least 4 members (excludes halogenated alkanes) is 2. The van der Waals surface area contributed by atoms with Crippen molar-refractivity contribution in [2.24, 2.45) is 0 Å². The zero-order valence-electron chi connectivity index (χ0n) is 49.7. The number of carbonyl (C=O) groups is 5. The number of allylic oxidation sites excluding steroid dienone is 4. The van der Waals surface area contributed by atoms with Crippen LogP contribution in [0.1, 0.15) is 84.3 Å². The molecule has 0 radical (unpaired) electrons. The van der Waals surface area contributed by atoms with E-state index in [4.69, 9.17) is 23.9 Å². The maximum absolute atomic E-state index is 13.2. The Hall–Kier alpha value is -8.22. The van der Waals surface area contributed by atoms with Crippen molar-refractivity contribution in [3.63, 3.8) is 0 Å². The van der Waals surface area contributed by atoms with Crippen LogP contribution in [0.5, 0.6) is 11.5 Å². The minimum Gasteiger partial charge on any atom is -0.497 e. The van der Waals surface area contributed by atoms with Gasteiger partial charge in [-0.1, -0.05) is 62.7 Å². The molecule has 3 heterocycles. The summed E-state index contributed by atoms with van der Waals surface area (Å²) >= 11 is 0. The van der Waals surface area contributed by atoms with Crippen LogP contribution in [-0.4, -0.2) is 154 Å². The molecule has 18 heteroatoms. The Balaban J connectivity index is 0.729. The summed E-state index contributed by atoms with van der Waals surface area (Å²) in [5.41, 5.74) is 9.42. The Kier molecular flexibility index (Phi) is 22.3. The molecule has 1 aromatic heterocycles. The normalized spacial score (nSPS) is 14.3. The number of methoxy groups -OCH3 is 2. The van der Waals surface area contributed by atoms with Gasteiger partial charge in [0.1, 0.15) is 24.4 Å². The van der Waals surface area contributed by atoms with Gasteiger partial charge in [-0.15, -0.1) is 0 Å². The van der Waals surface area contributed by atoms with Gasteiger partial charge in [0.05, 0.1) is 64.8 Å². The SMILES string of the molecule is CCN(CC(=O)NCCOCCOCCNC(=O)CN(C)C(=O)CCCCCN1/C(=C\C=C\C2=[N+](C)c3ccccc3C2(C)C)C(C)(C)c2ccccc21)C(=O)CCC(=O)Nc1cc(-c2ccc(OC)cc2)nc(-c2ccc(OC)cc2)n1. The molecule has 83 heavy (non-hydrogen) atoms. The summed E-state index contributed by atoms with van der Waals surface area (Å²) in [7, 11) is 6.97. The van der Waals surface area contributed by atoms with E-state index < -0.39 is 5.91 Å². The molecule has 0 aliphatic carbocycles. The highest BCUT2D eigenvalue weighted by Gasteiger charge is 2.43. The minimum atomic E-state index is -0.418. The van der Waals surface area contributed by atoms with Gasteiger partial charge in [-0.05, 0) is 99.8 Å².